The first-order chi connectivity index (χ1) is 19.6. The van der Waals surface area contributed by atoms with E-state index in [1.54, 1.807) is 35.4 Å². The van der Waals surface area contributed by atoms with Gasteiger partial charge in [-0.15, -0.1) is 0 Å². The van der Waals surface area contributed by atoms with Crippen LogP contribution in [0.2, 0.25) is 0 Å². The Morgan fingerprint density at radius 2 is 1.78 bits per heavy atom. The number of nitrogens with one attached hydrogen (secondary N) is 2. The van der Waals surface area contributed by atoms with Crippen LogP contribution in [0, 0.1) is 13.8 Å². The van der Waals surface area contributed by atoms with E-state index in [9.17, 15) is 18.0 Å². The first kappa shape index (κ1) is 28.9. The number of nitrogens with zero attached hydrogens (tertiary/aromatic N) is 2. The molecule has 1 aliphatic carbocycles. The summed E-state index contributed by atoms with van der Waals surface area (Å²) in [5.74, 6) is -1.40. The Labute approximate surface area is 241 Å². The van der Waals surface area contributed by atoms with E-state index in [0.717, 1.165) is 35.8 Å². The van der Waals surface area contributed by atoms with Gasteiger partial charge in [0.1, 0.15) is 6.61 Å². The van der Waals surface area contributed by atoms with Gasteiger partial charge in [-0.25, -0.2) is 18.6 Å². The lowest BCUT2D eigenvalue weighted by Crippen LogP contribution is -2.59. The smallest absolute Gasteiger partial charge is 0.255 e. The molecule has 9 nitrogen and oxygen atoms in total. The second kappa shape index (κ2) is 12.1. The van der Waals surface area contributed by atoms with Crippen molar-refractivity contribution in [3.63, 3.8) is 0 Å². The van der Waals surface area contributed by atoms with Crippen molar-refractivity contribution < 1.29 is 22.8 Å². The van der Waals surface area contributed by atoms with Gasteiger partial charge in [0.15, 0.2) is 0 Å². The molecule has 0 spiro atoms. The van der Waals surface area contributed by atoms with E-state index >= 15 is 0 Å². The maximum absolute atomic E-state index is 14.3. The average molecular weight is 577 g/mol. The quantitative estimate of drug-likeness (QED) is 0.390. The Morgan fingerprint density at radius 3 is 2.51 bits per heavy atom. The normalized spacial score (nSPS) is 22.7. The standard InChI is InChI=1S/C31H36N4O5S/c1-20-15-16-23(21(2)18-20)29-28(30(36)33-40-19-22-10-8-9-17-32-22)24-11-4-5-12-25(24)31(37)35(29)27-14-7-6-13-26(27)34-41(3,38)39/h4-5,8-12,15-18,26-29,34H,6-7,13-14,19H2,1-3H3,(H,33,36)/t26-,27-,28-,29+/m1/s1. The lowest BCUT2D eigenvalue weighted by atomic mass is 9.75. The van der Waals surface area contributed by atoms with Crippen molar-refractivity contribution in [1.82, 2.24) is 20.1 Å². The van der Waals surface area contributed by atoms with Crippen LogP contribution in [0.3, 0.4) is 0 Å². The SMILES string of the molecule is Cc1ccc([C@H]2[C@H](C(=O)NOCc3ccccn3)c3ccccc3C(=O)N2[C@@H]2CCCC[C@H]2NS(C)(=O)=O)c(C)c1. The molecule has 2 aromatic carbocycles. The number of hydrogen-bond acceptors (Lipinski definition) is 6. The molecule has 2 N–H and O–H groups in total. The highest BCUT2D eigenvalue weighted by atomic mass is 32.2. The Bertz CT molecular complexity index is 1530. The molecule has 2 heterocycles. The topological polar surface area (TPSA) is 118 Å². The number of sulfonamides is 1. The summed E-state index contributed by atoms with van der Waals surface area (Å²) in [6.45, 7) is 4.06. The van der Waals surface area contributed by atoms with Crippen molar-refractivity contribution >= 4 is 21.8 Å². The number of amides is 2. The number of pyridine rings is 1. The van der Waals surface area contributed by atoms with E-state index < -0.39 is 34.1 Å². The molecule has 2 amide bonds. The predicted molar refractivity (Wildman–Crippen MR) is 155 cm³/mol. The molecule has 1 aromatic heterocycles. The summed E-state index contributed by atoms with van der Waals surface area (Å²) in [4.78, 5) is 40.0. The third kappa shape index (κ3) is 6.34. The largest absolute Gasteiger partial charge is 0.326 e. The number of carbonyl (C=O) groups excluding carboxylic acids is 2. The van der Waals surface area contributed by atoms with E-state index in [1.165, 1.54) is 0 Å². The molecule has 1 fully saturated rings. The fraction of sp³-hybridized carbons (Fsp3) is 0.387. The summed E-state index contributed by atoms with van der Waals surface area (Å²) in [6.07, 6.45) is 5.72. The van der Waals surface area contributed by atoms with E-state index in [1.807, 2.05) is 50.2 Å². The summed E-state index contributed by atoms with van der Waals surface area (Å²) in [5.41, 5.74) is 7.19. The highest BCUT2D eigenvalue weighted by molar-refractivity contribution is 7.88. The minimum Gasteiger partial charge on any atom is -0.326 e. The molecule has 0 radical (unpaired) electrons. The van der Waals surface area contributed by atoms with Crippen molar-refractivity contribution in [1.29, 1.82) is 0 Å². The van der Waals surface area contributed by atoms with Gasteiger partial charge in [0.05, 0.1) is 23.9 Å². The third-order valence-electron chi connectivity index (χ3n) is 7.97. The maximum atomic E-state index is 14.3. The van der Waals surface area contributed by atoms with Crippen LogP contribution in [-0.4, -0.2) is 48.5 Å². The summed E-state index contributed by atoms with van der Waals surface area (Å²) in [7, 11) is -3.53. The molecule has 0 bridgehead atoms. The highest BCUT2D eigenvalue weighted by Crippen LogP contribution is 2.46. The van der Waals surface area contributed by atoms with Crippen molar-refractivity contribution in [2.45, 2.75) is 70.2 Å². The van der Waals surface area contributed by atoms with Gasteiger partial charge in [0.25, 0.3) is 11.8 Å². The third-order valence-corrected chi connectivity index (χ3v) is 8.70. The maximum Gasteiger partial charge on any atom is 0.255 e. The Hall–Kier alpha value is -3.60. The van der Waals surface area contributed by atoms with Gasteiger partial charge in [-0.3, -0.25) is 19.4 Å². The first-order valence-corrected chi connectivity index (χ1v) is 15.8. The van der Waals surface area contributed by atoms with Crippen LogP contribution in [0.15, 0.2) is 66.9 Å². The van der Waals surface area contributed by atoms with Gasteiger partial charge in [-0.2, -0.15) is 0 Å². The van der Waals surface area contributed by atoms with E-state index in [-0.39, 0.29) is 18.4 Å². The van der Waals surface area contributed by atoms with Crippen LogP contribution in [0.1, 0.15) is 75.9 Å². The molecule has 2 aliphatic rings. The Kier molecular flexibility index (Phi) is 8.53. The minimum atomic E-state index is -3.53. The molecule has 1 saturated carbocycles. The summed E-state index contributed by atoms with van der Waals surface area (Å²) >= 11 is 0. The molecule has 10 heteroatoms. The number of aryl methyl sites for hydroxylation is 2. The predicted octanol–water partition coefficient (Wildman–Crippen LogP) is 4.09. The highest BCUT2D eigenvalue weighted by Gasteiger charge is 2.49. The number of rotatable bonds is 8. The van der Waals surface area contributed by atoms with Gasteiger partial charge in [0.2, 0.25) is 10.0 Å². The molecular weight excluding hydrogens is 540 g/mol. The lowest BCUT2D eigenvalue weighted by molar-refractivity contribution is -0.138. The van der Waals surface area contributed by atoms with E-state index in [4.69, 9.17) is 4.84 Å². The van der Waals surface area contributed by atoms with Crippen LogP contribution in [0.4, 0.5) is 0 Å². The number of hydroxylamine groups is 1. The number of hydrogen-bond donors (Lipinski definition) is 2. The fourth-order valence-electron chi connectivity index (χ4n) is 6.27. The number of benzene rings is 2. The van der Waals surface area contributed by atoms with Gasteiger partial charge in [0, 0.05) is 23.8 Å². The monoisotopic (exact) mass is 576 g/mol. The fourth-order valence-corrected chi connectivity index (χ4v) is 7.10. The Morgan fingerprint density at radius 1 is 1.02 bits per heavy atom. The van der Waals surface area contributed by atoms with Crippen LogP contribution in [-0.2, 0) is 26.3 Å². The zero-order chi connectivity index (χ0) is 29.1. The van der Waals surface area contributed by atoms with E-state index in [2.05, 4.69) is 15.2 Å². The molecule has 0 unspecified atom stereocenters. The Balaban J connectivity index is 1.60. The van der Waals surface area contributed by atoms with Crippen LogP contribution in [0.5, 0.6) is 0 Å². The van der Waals surface area contributed by atoms with Gasteiger partial charge in [-0.05, 0) is 61.6 Å². The second-order valence-corrected chi connectivity index (χ2v) is 12.8. The summed E-state index contributed by atoms with van der Waals surface area (Å²) in [6, 6.07) is 17.0. The van der Waals surface area contributed by atoms with Crippen molar-refractivity contribution in [3.8, 4) is 0 Å². The number of carbonyl (C=O) groups is 2. The van der Waals surface area contributed by atoms with Crippen LogP contribution in [0.25, 0.3) is 0 Å². The van der Waals surface area contributed by atoms with Gasteiger partial charge < -0.3 is 4.90 Å². The molecule has 4 atom stereocenters. The molecule has 5 rings (SSSR count). The van der Waals surface area contributed by atoms with Crippen molar-refractivity contribution in [2.24, 2.45) is 0 Å². The van der Waals surface area contributed by atoms with Crippen LogP contribution < -0.4 is 10.2 Å². The number of fused-ring (bicyclic) bond motifs is 1. The summed E-state index contributed by atoms with van der Waals surface area (Å²) in [5, 5.41) is 0. The van der Waals surface area contributed by atoms with E-state index in [0.29, 0.717) is 29.7 Å². The zero-order valence-electron chi connectivity index (χ0n) is 23.5. The summed E-state index contributed by atoms with van der Waals surface area (Å²) < 4.78 is 27.5. The average Bonchev–Trinajstić information content (AvgIpc) is 2.93. The lowest BCUT2D eigenvalue weighted by Gasteiger charge is -2.49. The molecular formula is C31H36N4O5S. The molecule has 1 aliphatic heterocycles. The van der Waals surface area contributed by atoms with Crippen molar-refractivity contribution in [3.05, 3.63) is 100 Å². The minimum absolute atomic E-state index is 0.0841. The zero-order valence-corrected chi connectivity index (χ0v) is 24.4. The first-order valence-electron chi connectivity index (χ1n) is 13.9. The molecule has 3 aromatic rings. The van der Waals surface area contributed by atoms with Crippen molar-refractivity contribution in [2.75, 3.05) is 6.26 Å². The second-order valence-electron chi connectivity index (χ2n) is 11.0. The molecule has 41 heavy (non-hydrogen) atoms. The van der Waals surface area contributed by atoms with Gasteiger partial charge >= 0.3 is 0 Å². The molecule has 216 valence electrons. The van der Waals surface area contributed by atoms with Gasteiger partial charge in [-0.1, -0.05) is 60.9 Å². The van der Waals surface area contributed by atoms with Crippen LogP contribution >= 0.6 is 0 Å². The molecule has 0 saturated heterocycles. The number of aromatic nitrogens is 1.